The first-order valence-corrected chi connectivity index (χ1v) is 5.66. The third kappa shape index (κ3) is 3.15. The molecule has 1 aromatic carbocycles. The maximum Gasteiger partial charge on any atom is 0.0582 e. The second-order valence-corrected chi connectivity index (χ2v) is 4.39. The summed E-state index contributed by atoms with van der Waals surface area (Å²) in [6.07, 6.45) is 4.49. The molecule has 2 rings (SSSR count). The Labute approximate surface area is 111 Å². The summed E-state index contributed by atoms with van der Waals surface area (Å²) in [5.41, 5.74) is 8.64. The van der Waals surface area contributed by atoms with E-state index in [4.69, 9.17) is 10.8 Å². The quantitative estimate of drug-likeness (QED) is 0.771. The van der Waals surface area contributed by atoms with Crippen molar-refractivity contribution >= 4 is 0 Å². The second-order valence-electron chi connectivity index (χ2n) is 4.39. The molecule has 0 aromatic heterocycles. The molecule has 1 aliphatic carbocycles. The fourth-order valence-corrected chi connectivity index (χ4v) is 2.47. The maximum atomic E-state index is 8.98. The van der Waals surface area contributed by atoms with E-state index in [-0.39, 0.29) is 33.1 Å². The van der Waals surface area contributed by atoms with Crippen LogP contribution >= 0.6 is 0 Å². The Bertz CT molecular complexity index is 329. The molecule has 3 heteroatoms. The largest absolute Gasteiger partial charge is 0.395 e. The summed E-state index contributed by atoms with van der Waals surface area (Å²) in [6, 6.07) is 9.27. The molecule has 16 heavy (non-hydrogen) atoms. The molecule has 0 bridgehead atoms. The van der Waals surface area contributed by atoms with Crippen LogP contribution in [0.1, 0.15) is 36.3 Å². The van der Waals surface area contributed by atoms with Crippen molar-refractivity contribution in [1.82, 2.24) is 0 Å². The van der Waals surface area contributed by atoms with Crippen LogP contribution in [0.25, 0.3) is 0 Å². The number of hydrogen-bond donors (Lipinski definition) is 2. The number of hydrogen-bond acceptors (Lipinski definition) is 2. The molecule has 2 atom stereocenters. The number of aliphatic hydroxyl groups is 1. The number of benzene rings is 1. The summed E-state index contributed by atoms with van der Waals surface area (Å²) in [7, 11) is 0. The van der Waals surface area contributed by atoms with Gasteiger partial charge in [0.05, 0.1) is 6.61 Å². The van der Waals surface area contributed by atoms with Gasteiger partial charge in [-0.2, -0.15) is 35.4 Å². The number of aliphatic hydroxyl groups excluding tert-OH is 1. The van der Waals surface area contributed by atoms with E-state index in [1.807, 2.05) is 6.07 Å². The minimum atomic E-state index is -0.0786. The Kier molecular flexibility index (Phi) is 5.65. The van der Waals surface area contributed by atoms with Crippen LogP contribution in [0.15, 0.2) is 18.2 Å². The van der Waals surface area contributed by atoms with Crippen molar-refractivity contribution < 1.29 is 25.5 Å². The standard InChI is InChI=1S/C13H18NO.Re/c14-12(9-15)8-11-6-3-5-10-4-1-2-7-13(10)11;/h2,4,7,11-12,15H,3,5-6,8-9,14H2;/q-1;. The van der Waals surface area contributed by atoms with Gasteiger partial charge in [-0.1, -0.05) is 12.8 Å². The van der Waals surface area contributed by atoms with Gasteiger partial charge >= 0.3 is 0 Å². The van der Waals surface area contributed by atoms with E-state index in [0.29, 0.717) is 5.92 Å². The molecule has 2 unspecified atom stereocenters. The van der Waals surface area contributed by atoms with Crippen molar-refractivity contribution in [3.8, 4) is 0 Å². The molecule has 1 aliphatic rings. The summed E-state index contributed by atoms with van der Waals surface area (Å²) >= 11 is 0. The van der Waals surface area contributed by atoms with Crippen LogP contribution in [0.5, 0.6) is 0 Å². The zero-order chi connectivity index (χ0) is 10.7. The Hall–Kier alpha value is -0.198. The van der Waals surface area contributed by atoms with Gasteiger partial charge in [-0.05, 0) is 18.8 Å². The van der Waals surface area contributed by atoms with Crippen LogP contribution in [0.2, 0.25) is 0 Å². The summed E-state index contributed by atoms with van der Waals surface area (Å²) in [5.74, 6) is 0.533. The molecule has 1 radical (unpaired) electrons. The molecular weight excluding hydrogens is 372 g/mol. The van der Waals surface area contributed by atoms with Crippen LogP contribution < -0.4 is 5.73 Å². The van der Waals surface area contributed by atoms with Gasteiger partial charge in [-0.15, -0.1) is 0 Å². The molecule has 1 aromatic rings. The van der Waals surface area contributed by atoms with E-state index >= 15 is 0 Å². The molecule has 0 fully saturated rings. The van der Waals surface area contributed by atoms with Crippen molar-refractivity contribution in [1.29, 1.82) is 0 Å². The molecule has 89 valence electrons. The maximum absolute atomic E-state index is 8.98. The first-order chi connectivity index (χ1) is 7.31. The van der Waals surface area contributed by atoms with E-state index in [1.165, 1.54) is 24.0 Å². The fourth-order valence-electron chi connectivity index (χ4n) is 2.47. The summed E-state index contributed by atoms with van der Waals surface area (Å²) in [5, 5.41) is 8.98. The third-order valence-corrected chi connectivity index (χ3v) is 3.25. The Morgan fingerprint density at radius 2 is 2.38 bits per heavy atom. The molecule has 0 saturated heterocycles. The minimum absolute atomic E-state index is 0. The van der Waals surface area contributed by atoms with Crippen LogP contribution in [0.4, 0.5) is 0 Å². The average molecular weight is 390 g/mol. The van der Waals surface area contributed by atoms with Crippen LogP contribution in [0.3, 0.4) is 0 Å². The second kappa shape index (κ2) is 6.52. The number of fused-ring (bicyclic) bond motifs is 1. The normalized spacial score (nSPS) is 20.8. The summed E-state index contributed by atoms with van der Waals surface area (Å²) in [6.45, 7) is 0.0881. The van der Waals surface area contributed by atoms with Crippen molar-refractivity contribution in [3.05, 3.63) is 35.4 Å². The Morgan fingerprint density at radius 1 is 1.56 bits per heavy atom. The van der Waals surface area contributed by atoms with Gasteiger partial charge in [0.25, 0.3) is 0 Å². The van der Waals surface area contributed by atoms with Gasteiger partial charge in [-0.3, -0.25) is 0 Å². The Morgan fingerprint density at radius 3 is 3.12 bits per heavy atom. The van der Waals surface area contributed by atoms with Gasteiger partial charge in [0.1, 0.15) is 0 Å². The molecule has 0 spiro atoms. The van der Waals surface area contributed by atoms with E-state index in [9.17, 15) is 0 Å². The number of aryl methyl sites for hydroxylation is 1. The fraction of sp³-hybridized carbons (Fsp3) is 0.538. The molecule has 0 aliphatic heterocycles. The van der Waals surface area contributed by atoms with Crippen molar-refractivity contribution in [2.24, 2.45) is 5.73 Å². The molecular formula is C13H18NORe-. The van der Waals surface area contributed by atoms with Crippen molar-refractivity contribution in [2.45, 2.75) is 37.6 Å². The number of rotatable bonds is 3. The van der Waals surface area contributed by atoms with Gasteiger partial charge in [-0.25, -0.2) is 0 Å². The van der Waals surface area contributed by atoms with E-state index < -0.39 is 0 Å². The SMILES string of the molecule is NC(CO)CC1CCCc2c[c-]ccc21.[Re]. The predicted octanol–water partition coefficient (Wildman–Crippen LogP) is 1.61. The third-order valence-electron chi connectivity index (χ3n) is 3.25. The van der Waals surface area contributed by atoms with Crippen LogP contribution in [0, 0.1) is 6.07 Å². The van der Waals surface area contributed by atoms with Crippen molar-refractivity contribution in [3.63, 3.8) is 0 Å². The van der Waals surface area contributed by atoms with E-state index in [0.717, 1.165) is 12.8 Å². The number of nitrogens with two attached hydrogens (primary N) is 1. The van der Waals surface area contributed by atoms with Gasteiger partial charge in [0, 0.05) is 26.5 Å². The summed E-state index contributed by atoms with van der Waals surface area (Å²) < 4.78 is 0. The zero-order valence-corrected chi connectivity index (χ0v) is 12.0. The minimum Gasteiger partial charge on any atom is -0.395 e. The molecule has 0 heterocycles. The molecule has 0 amide bonds. The van der Waals surface area contributed by atoms with E-state index in [2.05, 4.69) is 18.2 Å². The zero-order valence-electron chi connectivity index (χ0n) is 9.32. The monoisotopic (exact) mass is 391 g/mol. The predicted molar refractivity (Wildman–Crippen MR) is 60.6 cm³/mol. The first-order valence-electron chi connectivity index (χ1n) is 5.66. The van der Waals surface area contributed by atoms with Crippen LogP contribution in [-0.2, 0) is 26.8 Å². The van der Waals surface area contributed by atoms with Crippen LogP contribution in [-0.4, -0.2) is 17.8 Å². The first kappa shape index (κ1) is 13.9. The molecule has 3 N–H and O–H groups in total. The van der Waals surface area contributed by atoms with E-state index in [1.54, 1.807) is 0 Å². The van der Waals surface area contributed by atoms with Gasteiger partial charge in [0.2, 0.25) is 0 Å². The summed E-state index contributed by atoms with van der Waals surface area (Å²) in [4.78, 5) is 0. The van der Waals surface area contributed by atoms with Crippen molar-refractivity contribution in [2.75, 3.05) is 6.61 Å². The average Bonchev–Trinajstić information content (AvgIpc) is 2.29. The topological polar surface area (TPSA) is 46.2 Å². The molecule has 2 nitrogen and oxygen atoms in total. The van der Waals surface area contributed by atoms with Gasteiger partial charge < -0.3 is 10.8 Å². The molecule has 0 saturated carbocycles. The smallest absolute Gasteiger partial charge is 0.0582 e. The Balaban J connectivity index is 0.00000128. The van der Waals surface area contributed by atoms with Gasteiger partial charge in [0.15, 0.2) is 0 Å².